The minimum absolute atomic E-state index is 0.0265. The van der Waals surface area contributed by atoms with E-state index in [1.807, 2.05) is 30.3 Å². The van der Waals surface area contributed by atoms with Crippen molar-refractivity contribution in [1.82, 2.24) is 4.90 Å². The molecule has 0 aromatic heterocycles. The number of ether oxygens (including phenoxy) is 1. The lowest BCUT2D eigenvalue weighted by atomic mass is 10.1. The average Bonchev–Trinajstić information content (AvgIpc) is 3.16. The lowest BCUT2D eigenvalue weighted by molar-refractivity contribution is -0.132. The van der Waals surface area contributed by atoms with Crippen molar-refractivity contribution in [2.75, 3.05) is 6.54 Å². The van der Waals surface area contributed by atoms with Gasteiger partial charge in [0, 0.05) is 17.0 Å². The van der Waals surface area contributed by atoms with E-state index >= 15 is 0 Å². The number of nitrogens with two attached hydrogens (primary N) is 1. The molecule has 0 aliphatic carbocycles. The second-order valence-electron chi connectivity index (χ2n) is 6.79. The van der Waals surface area contributed by atoms with Gasteiger partial charge in [-0.1, -0.05) is 65.3 Å². The van der Waals surface area contributed by atoms with E-state index in [1.165, 1.54) is 0 Å². The number of hydrogen-bond acceptors (Lipinski definition) is 6. The molecule has 30 heavy (non-hydrogen) atoms. The van der Waals surface area contributed by atoms with E-state index in [-0.39, 0.29) is 13.2 Å². The van der Waals surface area contributed by atoms with Crippen molar-refractivity contribution in [3.8, 4) is 0 Å². The number of oxime groups is 1. The highest BCUT2D eigenvalue weighted by atomic mass is 79.9. The Balaban J connectivity index is 1.69. The number of amides is 2. The summed E-state index contributed by atoms with van der Waals surface area (Å²) in [6, 6.07) is 15.5. The molecule has 0 saturated heterocycles. The number of imide groups is 1. The second-order valence-corrected chi connectivity index (χ2v) is 8.11. The first kappa shape index (κ1) is 22.3. The molecule has 2 amide bonds. The van der Waals surface area contributed by atoms with Crippen LogP contribution in [-0.2, 0) is 27.4 Å². The van der Waals surface area contributed by atoms with Gasteiger partial charge in [0.15, 0.2) is 6.10 Å². The predicted molar refractivity (Wildman–Crippen MR) is 117 cm³/mol. The van der Waals surface area contributed by atoms with E-state index in [9.17, 15) is 9.59 Å². The number of nitrogens with zero attached hydrogens (tertiary/aromatic N) is 2. The van der Waals surface area contributed by atoms with Gasteiger partial charge in [0.1, 0.15) is 11.2 Å². The molecule has 0 radical (unpaired) electrons. The number of benzene rings is 2. The van der Waals surface area contributed by atoms with Crippen molar-refractivity contribution in [3.05, 3.63) is 70.7 Å². The molecular weight excluding hydrogens is 474 g/mol. The number of carbonyl (C=O) groups excluding carboxylic acids is 2. The van der Waals surface area contributed by atoms with Crippen LogP contribution in [0.4, 0.5) is 4.79 Å². The number of rotatable bonds is 7. The molecule has 0 bridgehead atoms. The Morgan fingerprint density at radius 1 is 1.23 bits per heavy atom. The fourth-order valence-corrected chi connectivity index (χ4v) is 3.57. The summed E-state index contributed by atoms with van der Waals surface area (Å²) < 4.78 is 5.96. The Morgan fingerprint density at radius 2 is 1.93 bits per heavy atom. The van der Waals surface area contributed by atoms with Crippen LogP contribution < -0.4 is 5.73 Å². The van der Waals surface area contributed by atoms with Gasteiger partial charge in [-0.2, -0.15) is 0 Å². The quantitative estimate of drug-likeness (QED) is 0.630. The molecule has 3 rings (SSSR count). The summed E-state index contributed by atoms with van der Waals surface area (Å²) in [6.07, 6.45) is -0.551. The van der Waals surface area contributed by atoms with Gasteiger partial charge in [-0.25, -0.2) is 9.69 Å². The third-order valence-electron chi connectivity index (χ3n) is 4.49. The maximum Gasteiger partial charge on any atom is 0.417 e. The molecule has 0 fully saturated rings. The lowest BCUT2D eigenvalue weighted by Gasteiger charge is -2.25. The number of halogens is 2. The highest BCUT2D eigenvalue weighted by Gasteiger charge is 2.33. The maximum absolute atomic E-state index is 13.0. The van der Waals surface area contributed by atoms with Crippen LogP contribution in [0.15, 0.2) is 59.8 Å². The molecule has 2 atom stereocenters. The summed E-state index contributed by atoms with van der Waals surface area (Å²) in [6.45, 7) is -0.0940. The SMILES string of the molecule is N[C@@H](Cc1ccccc1)C(=O)N(CC1CC(Br)=NO1)C(=O)OCc1ccccc1Cl. The van der Waals surface area contributed by atoms with Crippen LogP contribution in [0.5, 0.6) is 0 Å². The van der Waals surface area contributed by atoms with Crippen molar-refractivity contribution >= 4 is 44.2 Å². The van der Waals surface area contributed by atoms with Crippen LogP contribution in [0.2, 0.25) is 5.02 Å². The van der Waals surface area contributed by atoms with Gasteiger partial charge in [-0.3, -0.25) is 4.79 Å². The van der Waals surface area contributed by atoms with Crippen LogP contribution >= 0.6 is 27.5 Å². The Morgan fingerprint density at radius 3 is 2.60 bits per heavy atom. The van der Waals surface area contributed by atoms with Gasteiger partial charge in [-0.05, 0) is 34.0 Å². The van der Waals surface area contributed by atoms with Crippen molar-refractivity contribution in [3.63, 3.8) is 0 Å². The molecule has 0 spiro atoms. The molecule has 7 nitrogen and oxygen atoms in total. The maximum atomic E-state index is 13.0. The van der Waals surface area contributed by atoms with Crippen molar-refractivity contribution in [2.24, 2.45) is 10.9 Å². The van der Waals surface area contributed by atoms with Gasteiger partial charge in [0.2, 0.25) is 5.91 Å². The molecule has 1 unspecified atom stereocenters. The van der Waals surface area contributed by atoms with Gasteiger partial charge >= 0.3 is 6.09 Å². The van der Waals surface area contributed by atoms with Crippen LogP contribution in [0.25, 0.3) is 0 Å². The van der Waals surface area contributed by atoms with Gasteiger partial charge in [-0.15, -0.1) is 0 Å². The summed E-state index contributed by atoms with van der Waals surface area (Å²) in [7, 11) is 0. The molecule has 9 heteroatoms. The molecule has 1 aliphatic rings. The first-order chi connectivity index (χ1) is 14.4. The Hall–Kier alpha value is -2.42. The number of carbonyl (C=O) groups is 2. The van der Waals surface area contributed by atoms with E-state index in [4.69, 9.17) is 26.9 Å². The number of hydrogen-bond donors (Lipinski definition) is 1. The average molecular weight is 495 g/mol. The van der Waals surface area contributed by atoms with Gasteiger partial charge < -0.3 is 15.3 Å². The van der Waals surface area contributed by atoms with Gasteiger partial charge in [0.25, 0.3) is 0 Å². The lowest BCUT2D eigenvalue weighted by Crippen LogP contribution is -2.50. The zero-order valence-electron chi connectivity index (χ0n) is 16.0. The molecule has 2 N–H and O–H groups in total. The highest BCUT2D eigenvalue weighted by Crippen LogP contribution is 2.19. The smallest absolute Gasteiger partial charge is 0.417 e. The monoisotopic (exact) mass is 493 g/mol. The summed E-state index contributed by atoms with van der Waals surface area (Å²) >= 11 is 9.36. The van der Waals surface area contributed by atoms with E-state index in [0.29, 0.717) is 28.0 Å². The van der Waals surface area contributed by atoms with Crippen molar-refractivity contribution in [1.29, 1.82) is 0 Å². The fourth-order valence-electron chi connectivity index (χ4n) is 2.94. The second kappa shape index (κ2) is 10.6. The molecule has 158 valence electrons. The minimum Gasteiger partial charge on any atom is -0.444 e. The Kier molecular flexibility index (Phi) is 7.84. The highest BCUT2D eigenvalue weighted by molar-refractivity contribution is 9.18. The van der Waals surface area contributed by atoms with Gasteiger partial charge in [0.05, 0.1) is 12.6 Å². The molecule has 2 aromatic rings. The van der Waals surface area contributed by atoms with Crippen LogP contribution in [0.1, 0.15) is 17.5 Å². The van der Waals surface area contributed by atoms with E-state index in [2.05, 4.69) is 21.1 Å². The summed E-state index contributed by atoms with van der Waals surface area (Å²) in [5, 5.41) is 4.27. The largest absolute Gasteiger partial charge is 0.444 e. The predicted octanol–water partition coefficient (Wildman–Crippen LogP) is 3.87. The third-order valence-corrected chi connectivity index (χ3v) is 5.33. The molecule has 2 aromatic carbocycles. The van der Waals surface area contributed by atoms with Crippen molar-refractivity contribution < 1.29 is 19.2 Å². The van der Waals surface area contributed by atoms with Crippen LogP contribution in [-0.4, -0.2) is 40.2 Å². The molecule has 0 saturated carbocycles. The van der Waals surface area contributed by atoms with Crippen molar-refractivity contribution in [2.45, 2.75) is 31.6 Å². The molecular formula is C21H21BrClN3O4. The third kappa shape index (κ3) is 6.04. The first-order valence-corrected chi connectivity index (χ1v) is 10.5. The zero-order chi connectivity index (χ0) is 21.5. The molecule has 1 heterocycles. The molecule has 1 aliphatic heterocycles. The standard InChI is InChI=1S/C21H21BrClN3O4/c22-19-11-16(30-25-19)12-26(20(27)18(24)10-14-6-2-1-3-7-14)21(28)29-13-15-8-4-5-9-17(15)23/h1-9,16,18H,10-13,24H2/t16?,18-/m0/s1. The summed E-state index contributed by atoms with van der Waals surface area (Å²) in [5.41, 5.74) is 7.65. The van der Waals surface area contributed by atoms with E-state index in [0.717, 1.165) is 10.5 Å². The fraction of sp³-hybridized carbons (Fsp3) is 0.286. The van der Waals surface area contributed by atoms with E-state index in [1.54, 1.807) is 24.3 Å². The van der Waals surface area contributed by atoms with Crippen LogP contribution in [0.3, 0.4) is 0 Å². The summed E-state index contributed by atoms with van der Waals surface area (Å²) in [4.78, 5) is 32.0. The summed E-state index contributed by atoms with van der Waals surface area (Å²) in [5.74, 6) is -0.547. The Labute approximate surface area is 187 Å². The first-order valence-electron chi connectivity index (χ1n) is 9.33. The Bertz CT molecular complexity index is 925. The van der Waals surface area contributed by atoms with Crippen LogP contribution in [0, 0.1) is 0 Å². The zero-order valence-corrected chi connectivity index (χ0v) is 18.4. The topological polar surface area (TPSA) is 94.2 Å². The van der Waals surface area contributed by atoms with E-state index < -0.39 is 24.1 Å². The minimum atomic E-state index is -0.911. The normalized spacial score (nSPS) is 16.4.